The number of amides is 1. The lowest BCUT2D eigenvalue weighted by atomic mass is 10.1. The van der Waals surface area contributed by atoms with Gasteiger partial charge in [0.25, 0.3) is 0 Å². The fourth-order valence-corrected chi connectivity index (χ4v) is 2.52. The highest BCUT2D eigenvalue weighted by molar-refractivity contribution is 6.29. The summed E-state index contributed by atoms with van der Waals surface area (Å²) in [5, 5.41) is 5.62. The SMILES string of the molecule is O=C(CCl)Nc1cccc(Oc2cc(NCc3ccc(C(F)(F)F)cc3)ncn2)c1. The van der Waals surface area contributed by atoms with Crippen LogP contribution in [0.5, 0.6) is 11.6 Å². The largest absolute Gasteiger partial charge is 0.439 e. The number of aromatic nitrogens is 2. The fraction of sp³-hybridized carbons (Fsp3) is 0.150. The van der Waals surface area contributed by atoms with Crippen LogP contribution in [0.25, 0.3) is 0 Å². The Morgan fingerprint density at radius 3 is 2.53 bits per heavy atom. The van der Waals surface area contributed by atoms with Crippen LogP contribution < -0.4 is 15.4 Å². The molecule has 6 nitrogen and oxygen atoms in total. The lowest BCUT2D eigenvalue weighted by Crippen LogP contribution is -2.12. The molecule has 0 aliphatic heterocycles. The van der Waals surface area contributed by atoms with Crippen LogP contribution in [0.1, 0.15) is 11.1 Å². The summed E-state index contributed by atoms with van der Waals surface area (Å²) in [5.41, 5.74) is 0.480. The topological polar surface area (TPSA) is 76.1 Å². The van der Waals surface area contributed by atoms with Crippen LogP contribution in [-0.2, 0) is 17.5 Å². The van der Waals surface area contributed by atoms with Gasteiger partial charge < -0.3 is 15.4 Å². The number of benzene rings is 2. The second-order valence-electron chi connectivity index (χ2n) is 6.10. The van der Waals surface area contributed by atoms with Gasteiger partial charge in [-0.15, -0.1) is 11.6 Å². The van der Waals surface area contributed by atoms with E-state index in [1.54, 1.807) is 30.3 Å². The van der Waals surface area contributed by atoms with Crippen molar-refractivity contribution in [1.29, 1.82) is 0 Å². The van der Waals surface area contributed by atoms with E-state index in [-0.39, 0.29) is 24.2 Å². The monoisotopic (exact) mass is 436 g/mol. The third kappa shape index (κ3) is 6.08. The van der Waals surface area contributed by atoms with Crippen molar-refractivity contribution in [3.63, 3.8) is 0 Å². The molecule has 0 radical (unpaired) electrons. The highest BCUT2D eigenvalue weighted by atomic mass is 35.5. The van der Waals surface area contributed by atoms with Crippen molar-refractivity contribution >= 4 is 29.0 Å². The average molecular weight is 437 g/mol. The lowest BCUT2D eigenvalue weighted by Gasteiger charge is -2.10. The van der Waals surface area contributed by atoms with Gasteiger partial charge in [0, 0.05) is 24.4 Å². The van der Waals surface area contributed by atoms with Crippen molar-refractivity contribution in [1.82, 2.24) is 9.97 Å². The second kappa shape index (κ2) is 9.45. The molecule has 0 spiro atoms. The molecule has 3 rings (SSSR count). The molecular weight excluding hydrogens is 421 g/mol. The van der Waals surface area contributed by atoms with E-state index in [2.05, 4.69) is 20.6 Å². The second-order valence-corrected chi connectivity index (χ2v) is 6.37. The quantitative estimate of drug-likeness (QED) is 0.505. The van der Waals surface area contributed by atoms with Crippen LogP contribution in [0.15, 0.2) is 60.9 Å². The molecule has 0 saturated carbocycles. The molecule has 2 N–H and O–H groups in total. The normalized spacial score (nSPS) is 11.1. The molecule has 0 aliphatic carbocycles. The third-order valence-electron chi connectivity index (χ3n) is 3.86. The van der Waals surface area contributed by atoms with Gasteiger partial charge in [0.15, 0.2) is 0 Å². The maximum Gasteiger partial charge on any atom is 0.416 e. The number of anilines is 2. The highest BCUT2D eigenvalue weighted by Gasteiger charge is 2.29. The molecule has 30 heavy (non-hydrogen) atoms. The Bertz CT molecular complexity index is 1010. The first-order chi connectivity index (χ1) is 14.3. The van der Waals surface area contributed by atoms with Gasteiger partial charge in [0.1, 0.15) is 23.8 Å². The van der Waals surface area contributed by atoms with Crippen LogP contribution >= 0.6 is 11.6 Å². The zero-order valence-corrected chi connectivity index (χ0v) is 16.2. The summed E-state index contributed by atoms with van der Waals surface area (Å²) in [7, 11) is 0. The zero-order valence-electron chi connectivity index (χ0n) is 15.4. The number of rotatable bonds is 7. The number of hydrogen-bond donors (Lipinski definition) is 2. The van der Waals surface area contributed by atoms with Crippen molar-refractivity contribution in [3.05, 3.63) is 72.1 Å². The van der Waals surface area contributed by atoms with E-state index < -0.39 is 11.7 Å². The smallest absolute Gasteiger partial charge is 0.416 e. The zero-order chi connectivity index (χ0) is 21.6. The molecule has 1 heterocycles. The number of ether oxygens (including phenoxy) is 1. The number of nitrogens with zero attached hydrogens (tertiary/aromatic N) is 2. The van der Waals surface area contributed by atoms with Crippen molar-refractivity contribution in [2.24, 2.45) is 0 Å². The lowest BCUT2D eigenvalue weighted by molar-refractivity contribution is -0.137. The van der Waals surface area contributed by atoms with Crippen molar-refractivity contribution < 1.29 is 22.7 Å². The molecule has 3 aromatic rings. The Morgan fingerprint density at radius 2 is 1.83 bits per heavy atom. The number of nitrogens with one attached hydrogen (secondary N) is 2. The van der Waals surface area contributed by atoms with E-state index in [0.717, 1.165) is 12.1 Å². The van der Waals surface area contributed by atoms with Crippen LogP contribution in [-0.4, -0.2) is 21.8 Å². The van der Waals surface area contributed by atoms with Crippen LogP contribution in [0.3, 0.4) is 0 Å². The summed E-state index contributed by atoms with van der Waals surface area (Å²) in [6, 6.07) is 13.1. The maximum absolute atomic E-state index is 12.6. The minimum absolute atomic E-state index is 0.162. The summed E-state index contributed by atoms with van der Waals surface area (Å²) < 4.78 is 43.6. The van der Waals surface area contributed by atoms with Crippen LogP contribution in [0.2, 0.25) is 0 Å². The predicted molar refractivity (Wildman–Crippen MR) is 107 cm³/mol. The maximum atomic E-state index is 12.6. The van der Waals surface area contributed by atoms with Gasteiger partial charge >= 0.3 is 6.18 Å². The number of hydrogen-bond acceptors (Lipinski definition) is 5. The van der Waals surface area contributed by atoms with E-state index in [0.29, 0.717) is 22.8 Å². The Labute approximate surface area is 175 Å². The molecule has 1 amide bonds. The van der Waals surface area contributed by atoms with Crippen molar-refractivity contribution in [2.75, 3.05) is 16.5 Å². The summed E-state index contributed by atoms with van der Waals surface area (Å²) in [4.78, 5) is 19.5. The van der Waals surface area contributed by atoms with Gasteiger partial charge in [0.05, 0.1) is 5.56 Å². The molecule has 1 aromatic heterocycles. The highest BCUT2D eigenvalue weighted by Crippen LogP contribution is 2.29. The van der Waals surface area contributed by atoms with Gasteiger partial charge in [-0.1, -0.05) is 18.2 Å². The average Bonchev–Trinajstić information content (AvgIpc) is 2.72. The standard InChI is InChI=1S/C20H16ClF3N4O2/c21-10-18(29)28-15-2-1-3-16(8-15)30-19-9-17(26-12-27-19)25-11-13-4-6-14(7-5-13)20(22,23)24/h1-9,12H,10-11H2,(H,28,29)(H,25,26,27). The molecule has 156 valence electrons. The van der Waals surface area contributed by atoms with Crippen LogP contribution in [0, 0.1) is 0 Å². The molecule has 0 unspecified atom stereocenters. The van der Waals surface area contributed by atoms with Crippen LogP contribution in [0.4, 0.5) is 24.7 Å². The summed E-state index contributed by atoms with van der Waals surface area (Å²) >= 11 is 5.47. The molecule has 10 heteroatoms. The molecule has 0 fully saturated rings. The Kier molecular flexibility index (Phi) is 6.73. The molecule has 0 aliphatic rings. The molecule has 0 atom stereocenters. The first-order valence-electron chi connectivity index (χ1n) is 8.69. The summed E-state index contributed by atoms with van der Waals surface area (Å²) in [5.74, 6) is 0.623. The number of carbonyl (C=O) groups excluding carboxylic acids is 1. The number of carbonyl (C=O) groups is 1. The van der Waals surface area contributed by atoms with Gasteiger partial charge in [-0.25, -0.2) is 9.97 Å². The van der Waals surface area contributed by atoms with E-state index >= 15 is 0 Å². The summed E-state index contributed by atoms with van der Waals surface area (Å²) in [6.07, 6.45) is -3.07. The third-order valence-corrected chi connectivity index (χ3v) is 4.10. The number of alkyl halides is 4. The summed E-state index contributed by atoms with van der Waals surface area (Å²) in [6.45, 7) is 0.272. The van der Waals surface area contributed by atoms with Gasteiger partial charge in [-0.2, -0.15) is 13.2 Å². The van der Waals surface area contributed by atoms with E-state index in [4.69, 9.17) is 16.3 Å². The Morgan fingerprint density at radius 1 is 1.07 bits per heavy atom. The Hall–Kier alpha value is -3.33. The van der Waals surface area contributed by atoms with Crippen molar-refractivity contribution in [2.45, 2.75) is 12.7 Å². The Balaban J connectivity index is 1.62. The fourth-order valence-electron chi connectivity index (χ4n) is 2.45. The van der Waals surface area contributed by atoms with Gasteiger partial charge in [0.2, 0.25) is 11.8 Å². The van der Waals surface area contributed by atoms with E-state index in [9.17, 15) is 18.0 Å². The minimum atomic E-state index is -4.37. The van der Waals surface area contributed by atoms with E-state index in [1.165, 1.54) is 18.5 Å². The first-order valence-corrected chi connectivity index (χ1v) is 9.23. The first kappa shape index (κ1) is 21.4. The predicted octanol–water partition coefficient (Wildman–Crippen LogP) is 5.08. The molecular formula is C20H16ClF3N4O2. The van der Waals surface area contributed by atoms with Crippen molar-refractivity contribution in [3.8, 4) is 11.6 Å². The van der Waals surface area contributed by atoms with Gasteiger partial charge in [-0.05, 0) is 29.8 Å². The van der Waals surface area contributed by atoms with Gasteiger partial charge in [-0.3, -0.25) is 4.79 Å². The van der Waals surface area contributed by atoms with E-state index in [1.807, 2.05) is 0 Å². The number of halogens is 4. The molecule has 0 saturated heterocycles. The molecule has 2 aromatic carbocycles. The minimum Gasteiger partial charge on any atom is -0.439 e. The molecule has 0 bridgehead atoms.